The normalized spacial score (nSPS) is 29.8. The minimum absolute atomic E-state index is 0.156. The van der Waals surface area contributed by atoms with Gasteiger partial charge in [0, 0.05) is 12.5 Å². The molecule has 53 heavy (non-hydrogen) atoms. The molecule has 310 valence electrons. The maximum atomic E-state index is 7.51. The molecule has 3 fully saturated rings. The van der Waals surface area contributed by atoms with Gasteiger partial charge in [-0.15, -0.1) is 0 Å². The molecule has 0 bridgehead atoms. The van der Waals surface area contributed by atoms with E-state index in [1.165, 1.54) is 51.4 Å². The molecule has 0 radical (unpaired) electrons. The van der Waals surface area contributed by atoms with Crippen molar-refractivity contribution in [3.05, 3.63) is 23.3 Å². The van der Waals surface area contributed by atoms with E-state index in [1.54, 1.807) is 11.1 Å². The second-order valence-corrected chi connectivity index (χ2v) is 38.7. The number of hydrogen-bond donors (Lipinski definition) is 0. The van der Waals surface area contributed by atoms with Crippen molar-refractivity contribution < 1.29 is 13.3 Å². The zero-order valence-electron chi connectivity index (χ0n) is 39.3. The summed E-state index contributed by atoms with van der Waals surface area (Å²) in [5.41, 5.74) is 4.18. The summed E-state index contributed by atoms with van der Waals surface area (Å²) in [6.45, 7) is 49.3. The molecule has 0 aromatic carbocycles. The molecule has 3 aliphatic rings. The quantitative estimate of drug-likeness (QED) is 0.174. The van der Waals surface area contributed by atoms with Crippen molar-refractivity contribution in [2.75, 3.05) is 6.61 Å². The first kappa shape index (κ1) is 47.4. The van der Waals surface area contributed by atoms with Gasteiger partial charge in [-0.25, -0.2) is 0 Å². The van der Waals surface area contributed by atoms with E-state index < -0.39 is 25.0 Å². The van der Waals surface area contributed by atoms with Crippen LogP contribution >= 0.6 is 0 Å². The molecule has 0 amide bonds. The zero-order chi connectivity index (χ0) is 40.6. The maximum absolute atomic E-state index is 7.51. The molecular weight excluding hydrogens is 697 g/mol. The van der Waals surface area contributed by atoms with Crippen LogP contribution in [0.3, 0.4) is 0 Å². The van der Waals surface area contributed by atoms with Crippen LogP contribution in [-0.4, -0.2) is 43.8 Å². The lowest BCUT2D eigenvalue weighted by Gasteiger charge is -2.49. The van der Waals surface area contributed by atoms with E-state index in [4.69, 9.17) is 13.3 Å². The van der Waals surface area contributed by atoms with Crippen LogP contribution in [0, 0.1) is 34.5 Å². The Morgan fingerprint density at radius 2 is 1.25 bits per heavy atom. The van der Waals surface area contributed by atoms with E-state index in [0.717, 1.165) is 43.6 Å². The Hall–Kier alpha value is 0.0106. The van der Waals surface area contributed by atoms with Gasteiger partial charge in [-0.3, -0.25) is 0 Å². The topological polar surface area (TPSA) is 27.7 Å². The fraction of sp³-hybridized carbons (Fsp3) is 0.915. The van der Waals surface area contributed by atoms with E-state index in [9.17, 15) is 0 Å². The molecule has 0 N–H and O–H groups in total. The average molecular weight is 790 g/mol. The number of rotatable bonds is 13. The molecule has 0 spiro atoms. The Kier molecular flexibility index (Phi) is 15.3. The molecule has 6 atom stereocenters. The minimum Gasteiger partial charge on any atom is -0.417 e. The predicted octanol–water partition coefficient (Wildman–Crippen LogP) is 15.5. The van der Waals surface area contributed by atoms with Gasteiger partial charge >= 0.3 is 0 Å². The van der Waals surface area contributed by atoms with Crippen LogP contribution in [0.25, 0.3) is 0 Å². The molecule has 3 aliphatic carbocycles. The molecule has 0 aromatic rings. The lowest BCUT2D eigenvalue weighted by atomic mass is 9.60. The Labute approximate surface area is 335 Å². The molecule has 0 aromatic heterocycles. The molecule has 0 saturated heterocycles. The van der Waals surface area contributed by atoms with E-state index in [1.807, 2.05) is 0 Å². The molecular formula is C47H92O3Si3. The summed E-state index contributed by atoms with van der Waals surface area (Å²) in [5, 5.41) is 0.517. The van der Waals surface area contributed by atoms with Crippen molar-refractivity contribution in [3.8, 4) is 0 Å². The van der Waals surface area contributed by atoms with Crippen molar-refractivity contribution in [1.82, 2.24) is 0 Å². The van der Waals surface area contributed by atoms with Gasteiger partial charge in [-0.2, -0.15) is 0 Å². The summed E-state index contributed by atoms with van der Waals surface area (Å²) >= 11 is 0. The highest BCUT2D eigenvalue weighted by atomic mass is 28.4. The summed E-state index contributed by atoms with van der Waals surface area (Å²) in [6.07, 6.45) is 19.5. The molecule has 3 unspecified atom stereocenters. The van der Waals surface area contributed by atoms with Gasteiger partial charge in [0.1, 0.15) is 0 Å². The maximum Gasteiger partial charge on any atom is 0.192 e. The van der Waals surface area contributed by atoms with Gasteiger partial charge in [0.25, 0.3) is 0 Å². The highest BCUT2D eigenvalue weighted by Crippen LogP contribution is 2.60. The summed E-state index contributed by atoms with van der Waals surface area (Å²) in [5.74, 6) is 2.76. The van der Waals surface area contributed by atoms with Crippen molar-refractivity contribution in [1.29, 1.82) is 0 Å². The van der Waals surface area contributed by atoms with Crippen LogP contribution in [0.1, 0.15) is 168 Å². The summed E-state index contributed by atoms with van der Waals surface area (Å²) in [7, 11) is -5.93. The number of hydrogen-bond acceptors (Lipinski definition) is 3. The third-order valence-electron chi connectivity index (χ3n) is 16.0. The van der Waals surface area contributed by atoms with E-state index in [-0.39, 0.29) is 27.3 Å². The lowest BCUT2D eigenvalue weighted by molar-refractivity contribution is -0.00319. The van der Waals surface area contributed by atoms with Crippen molar-refractivity contribution >= 4 is 25.0 Å². The largest absolute Gasteiger partial charge is 0.417 e. The Morgan fingerprint density at radius 1 is 0.736 bits per heavy atom. The van der Waals surface area contributed by atoms with Crippen LogP contribution in [0.2, 0.25) is 54.4 Å². The molecule has 3 nitrogen and oxygen atoms in total. The monoisotopic (exact) mass is 789 g/mol. The second kappa shape index (κ2) is 17.1. The zero-order valence-corrected chi connectivity index (χ0v) is 42.3. The Balaban J connectivity index is 1.97. The molecule has 3 saturated carbocycles. The third kappa shape index (κ3) is 12.0. The first-order chi connectivity index (χ1) is 23.8. The van der Waals surface area contributed by atoms with Crippen LogP contribution in [-0.2, 0) is 13.3 Å². The molecule has 3 rings (SSSR count). The highest BCUT2D eigenvalue weighted by molar-refractivity contribution is 6.75. The van der Waals surface area contributed by atoms with Gasteiger partial charge in [-0.05, 0) is 141 Å². The predicted molar refractivity (Wildman–Crippen MR) is 241 cm³/mol. The van der Waals surface area contributed by atoms with Gasteiger partial charge in [-0.1, -0.05) is 133 Å². The van der Waals surface area contributed by atoms with Gasteiger partial charge < -0.3 is 13.3 Å². The Bertz CT molecular complexity index is 1210. The average Bonchev–Trinajstić information content (AvgIpc) is 3.32. The third-order valence-corrected chi connectivity index (χ3v) is 29.5. The number of fused-ring (bicyclic) bond motifs is 1. The van der Waals surface area contributed by atoms with Crippen LogP contribution < -0.4 is 0 Å². The highest BCUT2D eigenvalue weighted by Gasteiger charge is 2.51. The number of allylic oxidation sites excluding steroid dienone is 3. The van der Waals surface area contributed by atoms with E-state index in [0.29, 0.717) is 16.7 Å². The standard InChI is InChI=1S/C47H92O3Si3/c1-35(23-21-30-43(2,3)4)39-27-28-40-37(24-22-31-47(39,40)14)26-25-36-33-41(49-52(17,18)45(8,9)10)38(29-32-48-51(15,16)44(5,6)7)42(34-36)50-53(19,20)46(11,12)13/h25-26,35,38-42H,21-24,27-34H2,1-20H3/b36-25?,37-26+/t35-,38?,39?,40?,41+,42+,47?/m0/s1. The van der Waals surface area contributed by atoms with Crippen molar-refractivity contribution in [2.45, 2.75) is 234 Å². The molecule has 6 heteroatoms. The summed E-state index contributed by atoms with van der Waals surface area (Å²) in [6, 6.07) is 0. The summed E-state index contributed by atoms with van der Waals surface area (Å²) < 4.78 is 21.9. The van der Waals surface area contributed by atoms with Gasteiger partial charge in [0.05, 0.1) is 12.2 Å². The van der Waals surface area contributed by atoms with E-state index >= 15 is 0 Å². The van der Waals surface area contributed by atoms with Gasteiger partial charge in [0.15, 0.2) is 25.0 Å². The molecule has 0 aliphatic heterocycles. The second-order valence-electron chi connectivity index (χ2n) is 24.4. The van der Waals surface area contributed by atoms with Crippen LogP contribution in [0.4, 0.5) is 0 Å². The van der Waals surface area contributed by atoms with Crippen molar-refractivity contribution in [2.24, 2.45) is 34.5 Å². The van der Waals surface area contributed by atoms with Crippen LogP contribution in [0.5, 0.6) is 0 Å². The van der Waals surface area contributed by atoms with Crippen molar-refractivity contribution in [3.63, 3.8) is 0 Å². The summed E-state index contributed by atoms with van der Waals surface area (Å²) in [4.78, 5) is 0. The van der Waals surface area contributed by atoms with E-state index in [2.05, 4.69) is 148 Å². The minimum atomic E-state index is -2.04. The Morgan fingerprint density at radius 3 is 1.72 bits per heavy atom. The fourth-order valence-corrected chi connectivity index (χ4v) is 13.1. The molecule has 0 heterocycles. The van der Waals surface area contributed by atoms with Crippen LogP contribution in [0.15, 0.2) is 23.3 Å². The lowest BCUT2D eigenvalue weighted by Crippen LogP contribution is -2.53. The fourth-order valence-electron chi connectivity index (χ4n) is 9.28. The first-order valence-electron chi connectivity index (χ1n) is 22.2. The van der Waals surface area contributed by atoms with Gasteiger partial charge in [0.2, 0.25) is 0 Å². The smallest absolute Gasteiger partial charge is 0.192 e. The SMILES string of the molecule is C[C@@H](CCCC(C)(C)C)C1CCC2/C(=C/C=C3C[C@@H](O[Si](C)(C)C(C)(C)C)C(CCO[Si](C)(C)C(C)(C)C)[C@H](O[Si](C)(C)C(C)(C)C)C3)CCCC21C. The first-order valence-corrected chi connectivity index (χ1v) is 30.9.